The lowest BCUT2D eigenvalue weighted by Crippen LogP contribution is -2.21. The highest BCUT2D eigenvalue weighted by molar-refractivity contribution is 7.12. The van der Waals surface area contributed by atoms with Gasteiger partial charge in [-0.3, -0.25) is 4.79 Å². The van der Waals surface area contributed by atoms with Crippen LogP contribution in [0.5, 0.6) is 0 Å². The molecule has 0 fully saturated rings. The van der Waals surface area contributed by atoms with E-state index in [-0.39, 0.29) is 5.41 Å². The summed E-state index contributed by atoms with van der Waals surface area (Å²) in [6.45, 7) is 4.31. The van der Waals surface area contributed by atoms with E-state index < -0.39 is 0 Å². The number of ketones is 1. The average molecular weight is 242 g/mol. The van der Waals surface area contributed by atoms with Gasteiger partial charge in [-0.05, 0) is 35.1 Å². The molecule has 0 spiro atoms. The number of hydrogen-bond donors (Lipinski definition) is 0. The highest BCUT2D eigenvalue weighted by Gasteiger charge is 2.42. The zero-order chi connectivity index (χ0) is 12.0. The third-order valence-corrected chi connectivity index (χ3v) is 4.72. The second kappa shape index (κ2) is 3.54. The average Bonchev–Trinajstić information content (AvgIpc) is 2.85. The van der Waals surface area contributed by atoms with Crippen LogP contribution in [0.25, 0.3) is 0 Å². The maximum absolute atomic E-state index is 12.0. The number of carbonyl (C=O) groups excluding carboxylic acids is 1. The fourth-order valence-electron chi connectivity index (χ4n) is 2.89. The molecule has 1 aromatic carbocycles. The van der Waals surface area contributed by atoms with E-state index >= 15 is 0 Å². The Kier molecular flexibility index (Phi) is 2.23. The van der Waals surface area contributed by atoms with Crippen LogP contribution >= 0.6 is 11.3 Å². The Balaban J connectivity index is 2.23. The van der Waals surface area contributed by atoms with Gasteiger partial charge in [-0.1, -0.05) is 31.2 Å². The van der Waals surface area contributed by atoms with E-state index in [2.05, 4.69) is 38.1 Å². The SMILES string of the molecule is Cc1ccccc1C1(C)CC(=O)c2sccc21. The molecule has 0 saturated carbocycles. The summed E-state index contributed by atoms with van der Waals surface area (Å²) in [7, 11) is 0. The molecule has 2 heteroatoms. The van der Waals surface area contributed by atoms with E-state index in [1.165, 1.54) is 16.7 Å². The molecule has 3 rings (SSSR count). The maximum atomic E-state index is 12.0. The van der Waals surface area contributed by atoms with Gasteiger partial charge in [0.25, 0.3) is 0 Å². The van der Waals surface area contributed by atoms with Gasteiger partial charge in [-0.15, -0.1) is 11.3 Å². The Morgan fingerprint density at radius 1 is 1.18 bits per heavy atom. The molecule has 1 unspecified atom stereocenters. The zero-order valence-electron chi connectivity index (χ0n) is 9.99. The maximum Gasteiger partial charge on any atom is 0.174 e. The molecule has 1 aromatic heterocycles. The standard InChI is InChI=1S/C15H14OS/c1-10-5-3-4-6-11(10)15(2)9-13(16)14-12(15)7-8-17-14/h3-8H,9H2,1-2H3. The van der Waals surface area contributed by atoms with Crippen molar-refractivity contribution in [1.29, 1.82) is 0 Å². The van der Waals surface area contributed by atoms with Gasteiger partial charge in [-0.25, -0.2) is 0 Å². The lowest BCUT2D eigenvalue weighted by atomic mass is 9.76. The van der Waals surface area contributed by atoms with Crippen molar-refractivity contribution in [2.24, 2.45) is 0 Å². The van der Waals surface area contributed by atoms with Gasteiger partial charge in [-0.2, -0.15) is 0 Å². The molecule has 0 radical (unpaired) electrons. The monoisotopic (exact) mass is 242 g/mol. The van der Waals surface area contributed by atoms with Crippen molar-refractivity contribution in [3.8, 4) is 0 Å². The number of carbonyl (C=O) groups is 1. The number of fused-ring (bicyclic) bond motifs is 1. The number of rotatable bonds is 1. The quantitative estimate of drug-likeness (QED) is 0.740. The Hall–Kier alpha value is -1.41. The molecule has 0 aliphatic heterocycles. The van der Waals surface area contributed by atoms with Crippen molar-refractivity contribution in [2.75, 3.05) is 0 Å². The van der Waals surface area contributed by atoms with Crippen molar-refractivity contribution in [2.45, 2.75) is 25.7 Å². The molecule has 1 heterocycles. The van der Waals surface area contributed by atoms with Gasteiger partial charge < -0.3 is 0 Å². The third-order valence-electron chi connectivity index (χ3n) is 3.77. The van der Waals surface area contributed by atoms with Crippen LogP contribution in [0.15, 0.2) is 35.7 Å². The Morgan fingerprint density at radius 3 is 2.71 bits per heavy atom. The minimum absolute atomic E-state index is 0.127. The summed E-state index contributed by atoms with van der Waals surface area (Å²) in [5, 5.41) is 2.03. The minimum atomic E-state index is -0.127. The molecule has 17 heavy (non-hydrogen) atoms. The van der Waals surface area contributed by atoms with Gasteiger partial charge in [0.1, 0.15) is 0 Å². The van der Waals surface area contributed by atoms with E-state index in [4.69, 9.17) is 0 Å². The highest BCUT2D eigenvalue weighted by atomic mass is 32.1. The van der Waals surface area contributed by atoms with Crippen LogP contribution in [0.4, 0.5) is 0 Å². The molecule has 86 valence electrons. The predicted octanol–water partition coefficient (Wildman–Crippen LogP) is 3.95. The van der Waals surface area contributed by atoms with Gasteiger partial charge in [0.2, 0.25) is 0 Å². The van der Waals surface area contributed by atoms with Crippen LogP contribution in [-0.2, 0) is 5.41 Å². The molecule has 1 aliphatic rings. The molecule has 0 saturated heterocycles. The van der Waals surface area contributed by atoms with Crippen LogP contribution in [0, 0.1) is 6.92 Å². The topological polar surface area (TPSA) is 17.1 Å². The molecule has 1 atom stereocenters. The number of aryl methyl sites for hydroxylation is 1. The third kappa shape index (κ3) is 1.40. The zero-order valence-corrected chi connectivity index (χ0v) is 10.8. The molecule has 0 bridgehead atoms. The van der Waals surface area contributed by atoms with E-state index in [0.29, 0.717) is 12.2 Å². The number of Topliss-reactive ketones (excluding diaryl/α,β-unsaturated/α-hetero) is 1. The van der Waals surface area contributed by atoms with Crippen molar-refractivity contribution < 1.29 is 4.79 Å². The van der Waals surface area contributed by atoms with E-state index in [1.807, 2.05) is 11.4 Å². The molecular formula is C15H14OS. The second-order valence-electron chi connectivity index (χ2n) is 4.91. The van der Waals surface area contributed by atoms with Crippen molar-refractivity contribution >= 4 is 17.1 Å². The largest absolute Gasteiger partial charge is 0.293 e. The Labute approximate surface area is 105 Å². The summed E-state index contributed by atoms with van der Waals surface area (Å²) in [4.78, 5) is 13.0. The van der Waals surface area contributed by atoms with Crippen LogP contribution in [-0.4, -0.2) is 5.78 Å². The van der Waals surface area contributed by atoms with Gasteiger partial charge >= 0.3 is 0 Å². The van der Waals surface area contributed by atoms with Crippen LogP contribution in [0.3, 0.4) is 0 Å². The van der Waals surface area contributed by atoms with E-state index in [1.54, 1.807) is 11.3 Å². The first-order valence-corrected chi connectivity index (χ1v) is 6.68. The fraction of sp³-hybridized carbons (Fsp3) is 0.267. The lowest BCUT2D eigenvalue weighted by molar-refractivity contribution is 0.0985. The molecule has 0 amide bonds. The lowest BCUT2D eigenvalue weighted by Gasteiger charge is -2.26. The first-order chi connectivity index (χ1) is 8.13. The summed E-state index contributed by atoms with van der Waals surface area (Å²) in [5.41, 5.74) is 3.63. The second-order valence-corrected chi connectivity index (χ2v) is 5.83. The van der Waals surface area contributed by atoms with Crippen molar-refractivity contribution in [3.63, 3.8) is 0 Å². The number of benzene rings is 1. The van der Waals surface area contributed by atoms with Crippen LogP contribution < -0.4 is 0 Å². The molecule has 1 nitrogen and oxygen atoms in total. The summed E-state index contributed by atoms with van der Waals surface area (Å²) >= 11 is 1.57. The Bertz CT molecular complexity index is 596. The predicted molar refractivity (Wildman–Crippen MR) is 70.9 cm³/mol. The summed E-state index contributed by atoms with van der Waals surface area (Å²) < 4.78 is 0. The van der Waals surface area contributed by atoms with Crippen molar-refractivity contribution in [3.05, 3.63) is 57.3 Å². The van der Waals surface area contributed by atoms with E-state index in [0.717, 1.165) is 4.88 Å². The van der Waals surface area contributed by atoms with Gasteiger partial charge in [0, 0.05) is 11.8 Å². The smallest absolute Gasteiger partial charge is 0.174 e. The molecule has 1 aliphatic carbocycles. The number of thiophene rings is 1. The highest BCUT2D eigenvalue weighted by Crippen LogP contribution is 2.46. The minimum Gasteiger partial charge on any atom is -0.293 e. The van der Waals surface area contributed by atoms with Crippen molar-refractivity contribution in [1.82, 2.24) is 0 Å². The van der Waals surface area contributed by atoms with Gasteiger partial charge in [0.15, 0.2) is 5.78 Å². The normalized spacial score (nSPS) is 22.8. The molecule has 0 N–H and O–H groups in total. The summed E-state index contributed by atoms with van der Waals surface area (Å²) in [5.74, 6) is 0.292. The first-order valence-electron chi connectivity index (χ1n) is 5.80. The first kappa shape index (κ1) is 10.7. The number of hydrogen-bond acceptors (Lipinski definition) is 2. The fourth-order valence-corrected chi connectivity index (χ4v) is 3.85. The Morgan fingerprint density at radius 2 is 1.94 bits per heavy atom. The van der Waals surface area contributed by atoms with Gasteiger partial charge in [0.05, 0.1) is 4.88 Å². The summed E-state index contributed by atoms with van der Waals surface area (Å²) in [6.07, 6.45) is 0.611. The summed E-state index contributed by atoms with van der Waals surface area (Å²) in [6, 6.07) is 10.5. The molecular weight excluding hydrogens is 228 g/mol. The molecule has 2 aromatic rings. The van der Waals surface area contributed by atoms with Crippen LogP contribution in [0.2, 0.25) is 0 Å². The van der Waals surface area contributed by atoms with Crippen LogP contribution in [0.1, 0.15) is 39.7 Å². The van der Waals surface area contributed by atoms with E-state index in [9.17, 15) is 4.79 Å².